The molecular formula is C21H22ClFN2O2. The summed E-state index contributed by atoms with van der Waals surface area (Å²) in [5, 5.41) is 2.99. The number of nitrogens with zero attached hydrogens (tertiary/aromatic N) is 1. The van der Waals surface area contributed by atoms with Crippen LogP contribution in [0.2, 0.25) is 5.02 Å². The minimum Gasteiger partial charge on any atom is -0.344 e. The van der Waals surface area contributed by atoms with Gasteiger partial charge in [-0.1, -0.05) is 48.0 Å². The van der Waals surface area contributed by atoms with Gasteiger partial charge in [-0.3, -0.25) is 9.59 Å². The van der Waals surface area contributed by atoms with Gasteiger partial charge in [-0.15, -0.1) is 0 Å². The van der Waals surface area contributed by atoms with E-state index in [0.29, 0.717) is 19.5 Å². The molecular weight excluding hydrogens is 367 g/mol. The van der Waals surface area contributed by atoms with Crippen molar-refractivity contribution in [2.75, 3.05) is 13.1 Å². The van der Waals surface area contributed by atoms with E-state index in [-0.39, 0.29) is 22.9 Å². The molecule has 2 aromatic carbocycles. The molecule has 27 heavy (non-hydrogen) atoms. The molecule has 2 amide bonds. The zero-order valence-corrected chi connectivity index (χ0v) is 15.7. The topological polar surface area (TPSA) is 49.4 Å². The Balaban J connectivity index is 1.73. The van der Waals surface area contributed by atoms with Crippen molar-refractivity contribution in [2.45, 2.75) is 31.7 Å². The van der Waals surface area contributed by atoms with Gasteiger partial charge in [0.25, 0.3) is 0 Å². The van der Waals surface area contributed by atoms with Crippen LogP contribution >= 0.6 is 11.6 Å². The molecule has 1 heterocycles. The molecule has 1 aliphatic rings. The molecule has 0 aliphatic carbocycles. The first-order valence-electron chi connectivity index (χ1n) is 9.09. The van der Waals surface area contributed by atoms with Gasteiger partial charge in [-0.2, -0.15) is 0 Å². The number of carbonyl (C=O) groups is 2. The molecule has 0 aromatic heterocycles. The molecule has 1 unspecified atom stereocenters. The minimum atomic E-state index is -0.677. The van der Waals surface area contributed by atoms with E-state index in [1.807, 2.05) is 30.3 Å². The third kappa shape index (κ3) is 5.07. The first-order valence-corrected chi connectivity index (χ1v) is 9.47. The van der Waals surface area contributed by atoms with Crippen molar-refractivity contribution in [1.29, 1.82) is 0 Å². The number of nitrogens with one attached hydrogen (secondary N) is 1. The van der Waals surface area contributed by atoms with Crippen LogP contribution in [0.3, 0.4) is 0 Å². The summed E-state index contributed by atoms with van der Waals surface area (Å²) in [4.78, 5) is 27.2. The fourth-order valence-electron chi connectivity index (χ4n) is 3.31. The number of hydrogen-bond donors (Lipinski definition) is 1. The smallest absolute Gasteiger partial charge is 0.245 e. The second kappa shape index (κ2) is 9.00. The van der Waals surface area contributed by atoms with E-state index in [1.54, 1.807) is 11.0 Å². The molecule has 3 rings (SSSR count). The Morgan fingerprint density at radius 3 is 2.44 bits per heavy atom. The third-order valence-corrected chi connectivity index (χ3v) is 5.09. The maximum Gasteiger partial charge on any atom is 0.245 e. The van der Waals surface area contributed by atoms with Crippen molar-refractivity contribution in [2.24, 2.45) is 0 Å². The summed E-state index contributed by atoms with van der Waals surface area (Å²) in [5.41, 5.74) is 1.10. The Kier molecular flexibility index (Phi) is 6.45. The van der Waals surface area contributed by atoms with Crippen LogP contribution in [0, 0.1) is 5.82 Å². The number of benzene rings is 2. The van der Waals surface area contributed by atoms with Gasteiger partial charge in [0.05, 0.1) is 6.42 Å². The van der Waals surface area contributed by atoms with E-state index in [4.69, 9.17) is 11.6 Å². The van der Waals surface area contributed by atoms with Gasteiger partial charge < -0.3 is 10.2 Å². The van der Waals surface area contributed by atoms with Crippen LogP contribution in [0.25, 0.3) is 0 Å². The zero-order chi connectivity index (χ0) is 19.2. The number of halogens is 2. The maximum absolute atomic E-state index is 14.0. The molecule has 0 radical (unpaired) electrons. The number of amides is 2. The normalized spacial score (nSPS) is 14.8. The van der Waals surface area contributed by atoms with Crippen LogP contribution in [0.1, 0.15) is 24.0 Å². The fraction of sp³-hybridized carbons (Fsp3) is 0.333. The molecule has 1 atom stereocenters. The average molecular weight is 389 g/mol. The number of hydrogen-bond acceptors (Lipinski definition) is 2. The lowest BCUT2D eigenvalue weighted by Crippen LogP contribution is -2.49. The highest BCUT2D eigenvalue weighted by Crippen LogP contribution is 2.20. The van der Waals surface area contributed by atoms with Crippen molar-refractivity contribution in [3.05, 3.63) is 70.5 Å². The van der Waals surface area contributed by atoms with E-state index >= 15 is 0 Å². The minimum absolute atomic E-state index is 0.0932. The number of likely N-dealkylation sites (tertiary alicyclic amines) is 1. The van der Waals surface area contributed by atoms with Crippen molar-refractivity contribution in [3.63, 3.8) is 0 Å². The largest absolute Gasteiger partial charge is 0.344 e. The maximum atomic E-state index is 14.0. The SMILES string of the molecule is O=C(Cc1c(F)cccc1Cl)NC(Cc1ccccc1)C(=O)N1CCCC1. The predicted molar refractivity (Wildman–Crippen MR) is 103 cm³/mol. The summed E-state index contributed by atoms with van der Waals surface area (Å²) in [6.45, 7) is 1.41. The van der Waals surface area contributed by atoms with Gasteiger partial charge in [-0.05, 0) is 30.5 Å². The lowest BCUT2D eigenvalue weighted by molar-refractivity contribution is -0.135. The monoisotopic (exact) mass is 388 g/mol. The van der Waals surface area contributed by atoms with E-state index in [2.05, 4.69) is 5.32 Å². The van der Waals surface area contributed by atoms with Crippen molar-refractivity contribution >= 4 is 23.4 Å². The summed E-state index contributed by atoms with van der Waals surface area (Å²) in [6.07, 6.45) is 2.14. The molecule has 142 valence electrons. The first-order chi connectivity index (χ1) is 13.0. The standard InChI is InChI=1S/C21H22ClFN2O2/c22-17-9-6-10-18(23)16(17)14-20(26)24-19(13-15-7-2-1-3-8-15)21(27)25-11-4-5-12-25/h1-3,6-10,19H,4-5,11-14H2,(H,24,26). The number of rotatable bonds is 6. The van der Waals surface area contributed by atoms with Crippen molar-refractivity contribution < 1.29 is 14.0 Å². The van der Waals surface area contributed by atoms with Crippen LogP contribution in [0.4, 0.5) is 4.39 Å². The molecule has 6 heteroatoms. The molecule has 0 spiro atoms. The summed E-state index contributed by atoms with van der Waals surface area (Å²) < 4.78 is 14.0. The quantitative estimate of drug-likeness (QED) is 0.824. The molecule has 2 aromatic rings. The lowest BCUT2D eigenvalue weighted by Gasteiger charge is -2.24. The Morgan fingerprint density at radius 2 is 1.78 bits per heavy atom. The highest BCUT2D eigenvalue weighted by molar-refractivity contribution is 6.31. The van der Waals surface area contributed by atoms with E-state index in [1.165, 1.54) is 12.1 Å². The van der Waals surface area contributed by atoms with Gasteiger partial charge >= 0.3 is 0 Å². The molecule has 1 N–H and O–H groups in total. The third-order valence-electron chi connectivity index (χ3n) is 4.73. The van der Waals surface area contributed by atoms with Gasteiger partial charge in [0.1, 0.15) is 11.9 Å². The van der Waals surface area contributed by atoms with Crippen molar-refractivity contribution in [1.82, 2.24) is 10.2 Å². The highest BCUT2D eigenvalue weighted by atomic mass is 35.5. The average Bonchev–Trinajstić information content (AvgIpc) is 3.19. The summed E-state index contributed by atoms with van der Waals surface area (Å²) in [7, 11) is 0. The molecule has 1 fully saturated rings. The number of carbonyl (C=O) groups excluding carboxylic acids is 2. The fourth-order valence-corrected chi connectivity index (χ4v) is 3.54. The summed E-state index contributed by atoms with van der Waals surface area (Å²) in [6, 6.07) is 13.2. The Morgan fingerprint density at radius 1 is 1.07 bits per heavy atom. The van der Waals surface area contributed by atoms with Crippen LogP contribution in [0.15, 0.2) is 48.5 Å². The second-order valence-corrected chi connectivity index (χ2v) is 7.13. The van der Waals surface area contributed by atoms with Gasteiger partial charge in [0.2, 0.25) is 11.8 Å². The zero-order valence-electron chi connectivity index (χ0n) is 15.0. The molecule has 0 saturated carbocycles. The van der Waals surface area contributed by atoms with Crippen molar-refractivity contribution in [3.8, 4) is 0 Å². The second-order valence-electron chi connectivity index (χ2n) is 6.72. The molecule has 0 bridgehead atoms. The van der Waals surface area contributed by atoms with Crippen LogP contribution in [-0.2, 0) is 22.4 Å². The van der Waals surface area contributed by atoms with E-state index < -0.39 is 17.8 Å². The Hall–Kier alpha value is -2.40. The van der Waals surface area contributed by atoms with Gasteiger partial charge in [-0.25, -0.2) is 4.39 Å². The molecule has 1 saturated heterocycles. The van der Waals surface area contributed by atoms with Gasteiger partial charge in [0.15, 0.2) is 0 Å². The Bertz CT molecular complexity index is 787. The van der Waals surface area contributed by atoms with Gasteiger partial charge in [0, 0.05) is 30.1 Å². The Labute approximate surface area is 163 Å². The van der Waals surface area contributed by atoms with Crippen LogP contribution in [0.5, 0.6) is 0 Å². The van der Waals surface area contributed by atoms with E-state index in [0.717, 1.165) is 18.4 Å². The summed E-state index contributed by atoms with van der Waals surface area (Å²) >= 11 is 6.01. The predicted octanol–water partition coefficient (Wildman–Crippen LogP) is 3.37. The first kappa shape index (κ1) is 19.4. The molecule has 1 aliphatic heterocycles. The van der Waals surface area contributed by atoms with Crippen LogP contribution < -0.4 is 5.32 Å². The van der Waals surface area contributed by atoms with E-state index in [9.17, 15) is 14.0 Å². The molecule has 4 nitrogen and oxygen atoms in total. The lowest BCUT2D eigenvalue weighted by atomic mass is 10.0. The van der Waals surface area contributed by atoms with Crippen LogP contribution in [-0.4, -0.2) is 35.8 Å². The highest BCUT2D eigenvalue weighted by Gasteiger charge is 2.28. The summed E-state index contributed by atoms with van der Waals surface area (Å²) in [5.74, 6) is -1.04.